The summed E-state index contributed by atoms with van der Waals surface area (Å²) >= 11 is 0. The number of alkyl halides is 3. The van der Waals surface area contributed by atoms with E-state index in [-0.39, 0.29) is 23.3 Å². The Labute approximate surface area is 178 Å². The fourth-order valence-electron chi connectivity index (χ4n) is 4.44. The van der Waals surface area contributed by atoms with Gasteiger partial charge >= 0.3 is 6.18 Å². The van der Waals surface area contributed by atoms with Gasteiger partial charge in [0, 0.05) is 56.1 Å². The summed E-state index contributed by atoms with van der Waals surface area (Å²) in [5.41, 5.74) is -0.537. The minimum absolute atomic E-state index is 0.110. The predicted molar refractivity (Wildman–Crippen MR) is 107 cm³/mol. The van der Waals surface area contributed by atoms with Crippen molar-refractivity contribution in [2.45, 2.75) is 37.9 Å². The van der Waals surface area contributed by atoms with Gasteiger partial charge in [-0.1, -0.05) is 0 Å². The van der Waals surface area contributed by atoms with Gasteiger partial charge < -0.3 is 14.4 Å². The average Bonchev–Trinajstić information content (AvgIpc) is 3.33. The molecule has 3 heterocycles. The van der Waals surface area contributed by atoms with Gasteiger partial charge in [-0.3, -0.25) is 9.59 Å². The second kappa shape index (κ2) is 8.72. The van der Waals surface area contributed by atoms with E-state index in [1.165, 1.54) is 12.1 Å². The van der Waals surface area contributed by atoms with Crippen molar-refractivity contribution in [2.24, 2.45) is 5.92 Å². The first-order valence-corrected chi connectivity index (χ1v) is 10.6. The number of hydrogen-bond acceptors (Lipinski definition) is 3. The summed E-state index contributed by atoms with van der Waals surface area (Å²) in [6.07, 6.45) is 4.04. The van der Waals surface area contributed by atoms with Crippen LogP contribution in [0.5, 0.6) is 0 Å². The lowest BCUT2D eigenvalue weighted by Gasteiger charge is -2.37. The number of carbonyl (C=O) groups is 2. The van der Waals surface area contributed by atoms with E-state index < -0.39 is 11.7 Å². The van der Waals surface area contributed by atoms with Gasteiger partial charge in [0.2, 0.25) is 5.91 Å². The number of nitrogens with zero attached hydrogens (tertiary/aromatic N) is 4. The van der Waals surface area contributed by atoms with Crippen molar-refractivity contribution in [1.29, 1.82) is 0 Å². The van der Waals surface area contributed by atoms with Crippen LogP contribution in [0.1, 0.15) is 47.6 Å². The molecule has 0 atom stereocenters. The number of rotatable bonds is 3. The van der Waals surface area contributed by atoms with Crippen LogP contribution in [0.25, 0.3) is 0 Å². The maximum atomic E-state index is 12.9. The van der Waals surface area contributed by atoms with Crippen molar-refractivity contribution in [2.75, 3.05) is 26.2 Å². The largest absolute Gasteiger partial charge is 0.416 e. The van der Waals surface area contributed by atoms with Crippen LogP contribution >= 0.6 is 0 Å². The van der Waals surface area contributed by atoms with Gasteiger partial charge in [-0.25, -0.2) is 4.98 Å². The summed E-state index contributed by atoms with van der Waals surface area (Å²) in [4.78, 5) is 33.2. The molecule has 0 unspecified atom stereocenters. The van der Waals surface area contributed by atoms with Crippen LogP contribution in [0.3, 0.4) is 0 Å². The van der Waals surface area contributed by atoms with Crippen molar-refractivity contribution in [1.82, 2.24) is 19.4 Å². The standard InChI is InChI=1S/C22H25F3N4O2/c23-22(24,25)18-3-1-16(2-4-18)20(30)27-10-5-17(6-11-27)21(31)28-12-7-19(8-13-28)29-14-9-26-15-29/h1-4,9,14-15,17,19H,5-8,10-13H2. The van der Waals surface area contributed by atoms with Crippen molar-refractivity contribution >= 4 is 11.8 Å². The van der Waals surface area contributed by atoms with Gasteiger partial charge in [-0.2, -0.15) is 13.2 Å². The monoisotopic (exact) mass is 434 g/mol. The van der Waals surface area contributed by atoms with Gasteiger partial charge in [0.1, 0.15) is 0 Å². The Morgan fingerprint density at radius 3 is 2.06 bits per heavy atom. The van der Waals surface area contributed by atoms with E-state index >= 15 is 0 Å². The van der Waals surface area contributed by atoms with E-state index in [0.29, 0.717) is 45.1 Å². The van der Waals surface area contributed by atoms with Crippen LogP contribution in [0.2, 0.25) is 0 Å². The number of benzene rings is 1. The van der Waals surface area contributed by atoms with E-state index in [1.54, 1.807) is 11.1 Å². The zero-order valence-electron chi connectivity index (χ0n) is 17.1. The zero-order valence-corrected chi connectivity index (χ0v) is 17.1. The van der Waals surface area contributed by atoms with Crippen molar-refractivity contribution < 1.29 is 22.8 Å². The van der Waals surface area contributed by atoms with E-state index in [4.69, 9.17) is 0 Å². The van der Waals surface area contributed by atoms with Crippen LogP contribution in [0, 0.1) is 5.92 Å². The molecule has 0 N–H and O–H groups in total. The van der Waals surface area contributed by atoms with Gasteiger partial charge in [0.15, 0.2) is 0 Å². The lowest BCUT2D eigenvalue weighted by Crippen LogP contribution is -2.46. The van der Waals surface area contributed by atoms with Crippen LogP contribution in [-0.4, -0.2) is 57.3 Å². The molecular weight excluding hydrogens is 409 g/mol. The lowest BCUT2D eigenvalue weighted by atomic mass is 9.93. The highest BCUT2D eigenvalue weighted by atomic mass is 19.4. The third-order valence-corrected chi connectivity index (χ3v) is 6.31. The Kier molecular flexibility index (Phi) is 6.02. The summed E-state index contributed by atoms with van der Waals surface area (Å²) in [7, 11) is 0. The summed E-state index contributed by atoms with van der Waals surface area (Å²) in [6, 6.07) is 4.66. The molecule has 0 radical (unpaired) electrons. The number of piperidine rings is 2. The normalized spacial score (nSPS) is 18.9. The van der Waals surface area contributed by atoms with E-state index in [1.807, 2.05) is 17.4 Å². The zero-order chi connectivity index (χ0) is 22.0. The van der Waals surface area contributed by atoms with Crippen LogP contribution in [0.15, 0.2) is 43.0 Å². The molecule has 2 amide bonds. The molecule has 0 aliphatic carbocycles. The van der Waals surface area contributed by atoms with Crippen LogP contribution in [0.4, 0.5) is 13.2 Å². The number of amides is 2. The van der Waals surface area contributed by atoms with Crippen LogP contribution in [-0.2, 0) is 11.0 Å². The fraction of sp³-hybridized carbons (Fsp3) is 0.500. The fourth-order valence-corrected chi connectivity index (χ4v) is 4.44. The predicted octanol–water partition coefficient (Wildman–Crippen LogP) is 3.62. The van der Waals surface area contributed by atoms with E-state index in [2.05, 4.69) is 9.55 Å². The molecule has 1 aromatic heterocycles. The molecule has 4 rings (SSSR count). The molecule has 2 aliphatic rings. The highest BCUT2D eigenvalue weighted by molar-refractivity contribution is 5.94. The highest BCUT2D eigenvalue weighted by Gasteiger charge is 2.33. The molecule has 2 aliphatic heterocycles. The first-order valence-electron chi connectivity index (χ1n) is 10.6. The topological polar surface area (TPSA) is 58.4 Å². The molecule has 2 aromatic rings. The Bertz CT molecular complexity index is 896. The van der Waals surface area contributed by atoms with Gasteiger partial charge in [0.25, 0.3) is 5.91 Å². The van der Waals surface area contributed by atoms with Gasteiger partial charge in [-0.05, 0) is 49.9 Å². The lowest BCUT2D eigenvalue weighted by molar-refractivity contribution is -0.138. The van der Waals surface area contributed by atoms with Gasteiger partial charge in [-0.15, -0.1) is 0 Å². The van der Waals surface area contributed by atoms with Crippen molar-refractivity contribution in [3.63, 3.8) is 0 Å². The molecule has 1 aromatic carbocycles. The summed E-state index contributed by atoms with van der Waals surface area (Å²) in [5, 5.41) is 0. The minimum Gasteiger partial charge on any atom is -0.342 e. The smallest absolute Gasteiger partial charge is 0.342 e. The number of aromatic nitrogens is 2. The average molecular weight is 434 g/mol. The first kappa shape index (κ1) is 21.4. The molecule has 6 nitrogen and oxygen atoms in total. The maximum absolute atomic E-state index is 12.9. The Morgan fingerprint density at radius 1 is 0.903 bits per heavy atom. The van der Waals surface area contributed by atoms with Gasteiger partial charge in [0.05, 0.1) is 11.9 Å². The molecule has 0 spiro atoms. The Hall–Kier alpha value is -2.84. The summed E-state index contributed by atoms with van der Waals surface area (Å²) in [5.74, 6) is -0.257. The summed E-state index contributed by atoms with van der Waals surface area (Å²) in [6.45, 7) is 2.29. The molecule has 9 heteroatoms. The second-order valence-corrected chi connectivity index (χ2v) is 8.21. The first-order chi connectivity index (χ1) is 14.8. The van der Waals surface area contributed by atoms with Crippen molar-refractivity contribution in [3.05, 3.63) is 54.1 Å². The highest BCUT2D eigenvalue weighted by Crippen LogP contribution is 2.30. The summed E-state index contributed by atoms with van der Waals surface area (Å²) < 4.78 is 40.2. The SMILES string of the molecule is O=C(c1ccc(C(F)(F)F)cc1)N1CCC(C(=O)N2CCC(n3ccnc3)CC2)CC1. The molecular formula is C22H25F3N4O2. The number of carbonyl (C=O) groups excluding carboxylic acids is 2. The minimum atomic E-state index is -4.42. The number of halogens is 3. The number of likely N-dealkylation sites (tertiary alicyclic amines) is 2. The Balaban J connectivity index is 1.27. The number of hydrogen-bond donors (Lipinski definition) is 0. The third-order valence-electron chi connectivity index (χ3n) is 6.31. The molecule has 2 saturated heterocycles. The van der Waals surface area contributed by atoms with Crippen molar-refractivity contribution in [3.8, 4) is 0 Å². The Morgan fingerprint density at radius 2 is 1.52 bits per heavy atom. The second-order valence-electron chi connectivity index (χ2n) is 8.21. The maximum Gasteiger partial charge on any atom is 0.416 e. The number of imidazole rings is 1. The molecule has 0 saturated carbocycles. The van der Waals surface area contributed by atoms with Crippen LogP contribution < -0.4 is 0 Å². The molecule has 166 valence electrons. The molecule has 2 fully saturated rings. The quantitative estimate of drug-likeness (QED) is 0.742. The van der Waals surface area contributed by atoms with E-state index in [9.17, 15) is 22.8 Å². The molecule has 0 bridgehead atoms. The van der Waals surface area contributed by atoms with E-state index in [0.717, 1.165) is 25.0 Å². The third kappa shape index (κ3) is 4.75. The molecule has 31 heavy (non-hydrogen) atoms.